The lowest BCUT2D eigenvalue weighted by Crippen LogP contribution is -2.11. The third-order valence-electron chi connectivity index (χ3n) is 6.06. The Morgan fingerprint density at radius 3 is 2.21 bits per heavy atom. The molecular formula is C30H36N2O2. The van der Waals surface area contributed by atoms with E-state index >= 15 is 0 Å². The fourth-order valence-corrected chi connectivity index (χ4v) is 4.26. The molecule has 0 N–H and O–H groups in total. The van der Waals surface area contributed by atoms with Crippen LogP contribution in [0.3, 0.4) is 0 Å². The van der Waals surface area contributed by atoms with Gasteiger partial charge >= 0.3 is 0 Å². The Hall–Kier alpha value is -3.27. The Morgan fingerprint density at radius 1 is 0.794 bits per heavy atom. The lowest BCUT2D eigenvalue weighted by Gasteiger charge is -2.19. The molecule has 0 fully saturated rings. The van der Waals surface area contributed by atoms with Gasteiger partial charge in [0, 0.05) is 6.54 Å². The van der Waals surface area contributed by atoms with Crippen LogP contribution in [0.4, 0.5) is 0 Å². The smallest absolute Gasteiger partial charge is 0.147 e. The normalized spacial score (nSPS) is 11.7. The van der Waals surface area contributed by atoms with E-state index in [4.69, 9.17) is 14.5 Å². The molecule has 0 bridgehead atoms. The molecule has 0 atom stereocenters. The summed E-state index contributed by atoms with van der Waals surface area (Å²) in [6.45, 7) is 12.9. The van der Waals surface area contributed by atoms with Gasteiger partial charge in [0.25, 0.3) is 0 Å². The van der Waals surface area contributed by atoms with E-state index < -0.39 is 0 Å². The number of ether oxygens (including phenoxy) is 2. The van der Waals surface area contributed by atoms with E-state index in [-0.39, 0.29) is 5.41 Å². The second-order valence-electron chi connectivity index (χ2n) is 10.1. The molecule has 0 aliphatic carbocycles. The van der Waals surface area contributed by atoms with Crippen LogP contribution in [0.15, 0.2) is 66.7 Å². The van der Waals surface area contributed by atoms with E-state index in [1.165, 1.54) is 16.7 Å². The second kappa shape index (κ2) is 10.3. The number of aryl methyl sites for hydroxylation is 3. The van der Waals surface area contributed by atoms with Crippen molar-refractivity contribution in [2.45, 2.75) is 66.0 Å². The van der Waals surface area contributed by atoms with Crippen LogP contribution in [-0.4, -0.2) is 16.2 Å². The molecule has 0 spiro atoms. The molecule has 0 saturated heterocycles. The van der Waals surface area contributed by atoms with Gasteiger partial charge in [0.05, 0.1) is 17.6 Å². The molecule has 4 rings (SSSR count). The molecule has 0 amide bonds. The Balaban J connectivity index is 1.38. The van der Waals surface area contributed by atoms with Crippen LogP contribution in [0.2, 0.25) is 0 Å². The number of fused-ring (bicyclic) bond motifs is 1. The number of hydrogen-bond acceptors (Lipinski definition) is 3. The van der Waals surface area contributed by atoms with Crippen molar-refractivity contribution in [2.24, 2.45) is 0 Å². The zero-order chi connectivity index (χ0) is 24.1. The van der Waals surface area contributed by atoms with E-state index in [0.717, 1.165) is 47.7 Å². The predicted molar refractivity (Wildman–Crippen MR) is 140 cm³/mol. The molecule has 4 heteroatoms. The highest BCUT2D eigenvalue weighted by Crippen LogP contribution is 2.25. The van der Waals surface area contributed by atoms with Gasteiger partial charge in [-0.15, -0.1) is 0 Å². The number of hydrogen-bond donors (Lipinski definition) is 0. The van der Waals surface area contributed by atoms with Gasteiger partial charge in [0.15, 0.2) is 0 Å². The summed E-state index contributed by atoms with van der Waals surface area (Å²) in [5.74, 6) is 2.78. The summed E-state index contributed by atoms with van der Waals surface area (Å²) in [5.41, 5.74) is 6.06. The molecule has 0 unspecified atom stereocenters. The third-order valence-corrected chi connectivity index (χ3v) is 6.06. The van der Waals surface area contributed by atoms with Gasteiger partial charge in [-0.1, -0.05) is 51.1 Å². The van der Waals surface area contributed by atoms with Crippen LogP contribution < -0.4 is 9.47 Å². The van der Waals surface area contributed by atoms with E-state index in [0.29, 0.717) is 13.2 Å². The van der Waals surface area contributed by atoms with Crippen molar-refractivity contribution in [1.82, 2.24) is 9.55 Å². The number of benzene rings is 3. The van der Waals surface area contributed by atoms with E-state index in [2.05, 4.69) is 99.8 Å². The van der Waals surface area contributed by atoms with Gasteiger partial charge in [0.1, 0.15) is 23.9 Å². The van der Waals surface area contributed by atoms with Gasteiger partial charge < -0.3 is 14.0 Å². The zero-order valence-corrected chi connectivity index (χ0v) is 21.1. The zero-order valence-electron chi connectivity index (χ0n) is 21.1. The molecule has 0 saturated carbocycles. The Kier molecular flexibility index (Phi) is 7.26. The number of unbranched alkanes of at least 4 members (excludes halogenated alkanes) is 1. The molecule has 34 heavy (non-hydrogen) atoms. The summed E-state index contributed by atoms with van der Waals surface area (Å²) in [6, 6.07) is 23.1. The van der Waals surface area contributed by atoms with Crippen LogP contribution >= 0.6 is 0 Å². The minimum atomic E-state index is 0.133. The van der Waals surface area contributed by atoms with Crippen molar-refractivity contribution in [1.29, 1.82) is 0 Å². The topological polar surface area (TPSA) is 36.3 Å². The number of imidazole rings is 1. The number of rotatable bonds is 9. The number of aromatic nitrogens is 2. The largest absolute Gasteiger partial charge is 0.494 e. The maximum Gasteiger partial charge on any atom is 0.147 e. The lowest BCUT2D eigenvalue weighted by molar-refractivity contribution is 0.285. The number of para-hydroxylation sites is 2. The van der Waals surface area contributed by atoms with Crippen molar-refractivity contribution in [3.05, 3.63) is 89.2 Å². The Labute approximate surface area is 203 Å². The van der Waals surface area contributed by atoms with Crippen molar-refractivity contribution < 1.29 is 9.47 Å². The van der Waals surface area contributed by atoms with Crippen molar-refractivity contribution in [2.75, 3.05) is 6.61 Å². The molecule has 3 aromatic carbocycles. The first kappa shape index (κ1) is 23.9. The fraction of sp³-hybridized carbons (Fsp3) is 0.367. The third kappa shape index (κ3) is 5.99. The lowest BCUT2D eigenvalue weighted by atomic mass is 9.87. The molecule has 1 heterocycles. The number of nitrogens with zero attached hydrogens (tertiary/aromatic N) is 2. The quantitative estimate of drug-likeness (QED) is 0.246. The second-order valence-corrected chi connectivity index (χ2v) is 10.1. The molecule has 0 radical (unpaired) electrons. The molecular weight excluding hydrogens is 420 g/mol. The first-order valence-electron chi connectivity index (χ1n) is 12.2. The fourth-order valence-electron chi connectivity index (χ4n) is 4.26. The molecule has 1 aromatic heterocycles. The summed E-state index contributed by atoms with van der Waals surface area (Å²) in [6.07, 6.45) is 1.99. The van der Waals surface area contributed by atoms with Crippen molar-refractivity contribution in [3.8, 4) is 11.5 Å². The highest BCUT2D eigenvalue weighted by molar-refractivity contribution is 5.75. The van der Waals surface area contributed by atoms with Crippen molar-refractivity contribution >= 4 is 11.0 Å². The van der Waals surface area contributed by atoms with Gasteiger partial charge in [-0.05, 0) is 85.2 Å². The molecule has 4 aromatic rings. The minimum Gasteiger partial charge on any atom is -0.494 e. The van der Waals surface area contributed by atoms with E-state index in [1.807, 2.05) is 6.07 Å². The van der Waals surface area contributed by atoms with Gasteiger partial charge in [-0.25, -0.2) is 4.98 Å². The average Bonchev–Trinajstić information content (AvgIpc) is 3.14. The average molecular weight is 457 g/mol. The van der Waals surface area contributed by atoms with Gasteiger partial charge in [-0.3, -0.25) is 0 Å². The SMILES string of the molecule is Cc1cc(C)cc(OCCCCn2c(COc3ccc(C(C)(C)C)cc3)nc3ccccc32)c1. The summed E-state index contributed by atoms with van der Waals surface area (Å²) in [4.78, 5) is 4.86. The molecule has 4 nitrogen and oxygen atoms in total. The van der Waals surface area contributed by atoms with Crippen LogP contribution in [0.1, 0.15) is 56.1 Å². The summed E-state index contributed by atoms with van der Waals surface area (Å²) in [7, 11) is 0. The van der Waals surface area contributed by atoms with Gasteiger partial charge in [-0.2, -0.15) is 0 Å². The first-order valence-corrected chi connectivity index (χ1v) is 12.2. The van der Waals surface area contributed by atoms with Crippen LogP contribution in [0.5, 0.6) is 11.5 Å². The summed E-state index contributed by atoms with van der Waals surface area (Å²) in [5, 5.41) is 0. The highest BCUT2D eigenvalue weighted by atomic mass is 16.5. The summed E-state index contributed by atoms with van der Waals surface area (Å²) < 4.78 is 14.4. The minimum absolute atomic E-state index is 0.133. The molecule has 0 aliphatic rings. The summed E-state index contributed by atoms with van der Waals surface area (Å²) >= 11 is 0. The first-order chi connectivity index (χ1) is 16.3. The van der Waals surface area contributed by atoms with Crippen LogP contribution in [-0.2, 0) is 18.6 Å². The Bertz CT molecular complexity index is 1210. The van der Waals surface area contributed by atoms with E-state index in [9.17, 15) is 0 Å². The Morgan fingerprint density at radius 2 is 1.50 bits per heavy atom. The molecule has 178 valence electrons. The standard InChI is InChI=1S/C30H36N2O2/c1-22-18-23(2)20-26(19-22)33-17-9-8-16-32-28-11-7-6-10-27(28)31-29(32)21-34-25-14-12-24(13-15-25)30(3,4)5/h6-7,10-15,18-20H,8-9,16-17,21H2,1-5H3. The highest BCUT2D eigenvalue weighted by Gasteiger charge is 2.14. The van der Waals surface area contributed by atoms with Gasteiger partial charge in [0.2, 0.25) is 0 Å². The maximum atomic E-state index is 6.13. The van der Waals surface area contributed by atoms with E-state index in [1.54, 1.807) is 0 Å². The predicted octanol–water partition coefficient (Wildman–Crippen LogP) is 7.39. The van der Waals surface area contributed by atoms with Crippen LogP contribution in [0.25, 0.3) is 11.0 Å². The monoisotopic (exact) mass is 456 g/mol. The van der Waals surface area contributed by atoms with Crippen LogP contribution in [0, 0.1) is 13.8 Å². The maximum absolute atomic E-state index is 6.13. The molecule has 0 aliphatic heterocycles. The van der Waals surface area contributed by atoms with Crippen molar-refractivity contribution in [3.63, 3.8) is 0 Å².